The summed E-state index contributed by atoms with van der Waals surface area (Å²) in [4.78, 5) is 26.2. The molecule has 5 atom stereocenters. The monoisotopic (exact) mass is 305 g/mol. The number of aromatic hydroxyl groups is 1. The Balaban J connectivity index is 1.95. The highest BCUT2D eigenvalue weighted by Gasteiger charge is 2.55. The molecule has 0 radical (unpaired) electrons. The number of ketones is 1. The Bertz CT molecular complexity index is 599. The molecule has 0 aliphatic carbocycles. The molecule has 22 heavy (non-hydrogen) atoms. The number of carbonyl (C=O) groups is 2. The van der Waals surface area contributed by atoms with E-state index in [9.17, 15) is 24.9 Å². The van der Waals surface area contributed by atoms with Crippen LogP contribution in [0.25, 0.3) is 0 Å². The molecule has 0 aromatic heterocycles. The summed E-state index contributed by atoms with van der Waals surface area (Å²) >= 11 is 0. The number of hydrogen-bond acceptors (Lipinski definition) is 5. The number of carboxylic acids is 1. The van der Waals surface area contributed by atoms with Crippen molar-refractivity contribution >= 4 is 11.8 Å². The number of phenols is 1. The van der Waals surface area contributed by atoms with Crippen molar-refractivity contribution in [2.45, 2.75) is 31.0 Å². The van der Waals surface area contributed by atoms with Crippen molar-refractivity contribution in [3.8, 4) is 5.75 Å². The van der Waals surface area contributed by atoms with Gasteiger partial charge in [-0.2, -0.15) is 0 Å². The summed E-state index contributed by atoms with van der Waals surface area (Å²) in [5.41, 5.74) is 0.379. The molecule has 3 N–H and O–H groups in total. The summed E-state index contributed by atoms with van der Waals surface area (Å²) in [5, 5.41) is 29.2. The van der Waals surface area contributed by atoms with Gasteiger partial charge in [-0.3, -0.25) is 14.5 Å². The minimum absolute atomic E-state index is 0.0576. The number of Topliss-reactive ketones (excluding diaryl/α,β-unsaturated/α-hetero) is 1. The van der Waals surface area contributed by atoms with Crippen LogP contribution in [0.1, 0.15) is 23.2 Å². The van der Waals surface area contributed by atoms with Gasteiger partial charge < -0.3 is 15.3 Å². The van der Waals surface area contributed by atoms with Crippen LogP contribution >= 0.6 is 0 Å². The maximum atomic E-state index is 12.8. The second kappa shape index (κ2) is 5.37. The molecule has 0 amide bonds. The van der Waals surface area contributed by atoms with E-state index in [1.165, 1.54) is 24.3 Å². The fraction of sp³-hybridized carbons (Fsp3) is 0.500. The summed E-state index contributed by atoms with van der Waals surface area (Å²) in [6.45, 7) is 0. The number of phenolic OH excluding ortho intramolecular Hbond substituents is 1. The van der Waals surface area contributed by atoms with Crippen LogP contribution in [0.2, 0.25) is 0 Å². The minimum Gasteiger partial charge on any atom is -0.508 e. The second-order valence-electron chi connectivity index (χ2n) is 6.17. The van der Waals surface area contributed by atoms with Crippen molar-refractivity contribution in [3.63, 3.8) is 0 Å². The fourth-order valence-corrected chi connectivity index (χ4v) is 4.00. The third kappa shape index (κ3) is 2.19. The van der Waals surface area contributed by atoms with Gasteiger partial charge in [0.2, 0.25) is 0 Å². The van der Waals surface area contributed by atoms with E-state index in [0.717, 1.165) is 0 Å². The van der Waals surface area contributed by atoms with Gasteiger partial charge in [-0.1, -0.05) is 0 Å². The van der Waals surface area contributed by atoms with Gasteiger partial charge in [0, 0.05) is 17.6 Å². The summed E-state index contributed by atoms with van der Waals surface area (Å²) in [7, 11) is 1.82. The summed E-state index contributed by atoms with van der Waals surface area (Å²) in [5.74, 6) is -2.98. The Morgan fingerprint density at radius 1 is 1.09 bits per heavy atom. The first-order valence-electron chi connectivity index (χ1n) is 7.38. The van der Waals surface area contributed by atoms with Crippen molar-refractivity contribution in [2.24, 2.45) is 11.8 Å². The molecule has 2 fully saturated rings. The molecule has 3 rings (SSSR count). The lowest BCUT2D eigenvalue weighted by Gasteiger charge is -2.43. The number of fused-ring (bicyclic) bond motifs is 2. The predicted molar refractivity (Wildman–Crippen MR) is 77.6 cm³/mol. The van der Waals surface area contributed by atoms with Gasteiger partial charge in [0.1, 0.15) is 5.75 Å². The second-order valence-corrected chi connectivity index (χ2v) is 6.17. The zero-order chi connectivity index (χ0) is 16.0. The molecule has 1 aromatic rings. The van der Waals surface area contributed by atoms with Crippen LogP contribution in [0.5, 0.6) is 5.75 Å². The number of benzene rings is 1. The Morgan fingerprint density at radius 2 is 1.64 bits per heavy atom. The maximum absolute atomic E-state index is 12.8. The molecule has 5 unspecified atom stereocenters. The molecular formula is C16H19NO5. The summed E-state index contributed by atoms with van der Waals surface area (Å²) < 4.78 is 0. The van der Waals surface area contributed by atoms with Crippen LogP contribution in [0.4, 0.5) is 0 Å². The predicted octanol–water partition coefficient (Wildman–Crippen LogP) is 0.729. The zero-order valence-corrected chi connectivity index (χ0v) is 12.2. The van der Waals surface area contributed by atoms with Gasteiger partial charge >= 0.3 is 5.97 Å². The Hall–Kier alpha value is -1.92. The first-order valence-corrected chi connectivity index (χ1v) is 7.38. The van der Waals surface area contributed by atoms with Crippen LogP contribution in [0.3, 0.4) is 0 Å². The molecule has 6 nitrogen and oxygen atoms in total. The molecule has 6 heteroatoms. The van der Waals surface area contributed by atoms with E-state index < -0.39 is 23.9 Å². The van der Waals surface area contributed by atoms with Crippen LogP contribution in [0, 0.1) is 11.8 Å². The van der Waals surface area contributed by atoms with Crippen molar-refractivity contribution in [3.05, 3.63) is 29.8 Å². The molecule has 1 aromatic carbocycles. The van der Waals surface area contributed by atoms with E-state index in [2.05, 4.69) is 0 Å². The van der Waals surface area contributed by atoms with Gasteiger partial charge in [-0.25, -0.2) is 0 Å². The van der Waals surface area contributed by atoms with Crippen LogP contribution in [0.15, 0.2) is 24.3 Å². The topological polar surface area (TPSA) is 98.1 Å². The molecule has 118 valence electrons. The molecule has 2 aliphatic heterocycles. The summed E-state index contributed by atoms with van der Waals surface area (Å²) in [6.07, 6.45) is 0.193. The number of carbonyl (C=O) groups excluding carboxylic acids is 1. The van der Waals surface area contributed by atoms with Gasteiger partial charge in [-0.05, 0) is 44.2 Å². The van der Waals surface area contributed by atoms with Gasteiger partial charge in [-0.15, -0.1) is 0 Å². The SMILES string of the molecule is CN1C2CCC1C(C(=O)c1ccc(O)cc1)C(O)C2C(=O)O. The average Bonchev–Trinajstić information content (AvgIpc) is 2.74. The van der Waals surface area contributed by atoms with E-state index in [-0.39, 0.29) is 23.6 Å². The number of piperidine rings is 1. The van der Waals surface area contributed by atoms with E-state index in [0.29, 0.717) is 18.4 Å². The molecule has 2 heterocycles. The largest absolute Gasteiger partial charge is 0.508 e. The van der Waals surface area contributed by atoms with Crippen LogP contribution in [-0.4, -0.2) is 57.2 Å². The summed E-state index contributed by atoms with van der Waals surface area (Å²) in [6, 6.07) is 5.47. The number of aliphatic carboxylic acids is 1. The number of aliphatic hydroxyl groups is 1. The quantitative estimate of drug-likeness (QED) is 0.712. The third-order valence-electron chi connectivity index (χ3n) is 5.11. The van der Waals surface area contributed by atoms with Gasteiger partial charge in [0.25, 0.3) is 0 Å². The molecule has 2 saturated heterocycles. The molecule has 0 spiro atoms. The number of aliphatic hydroxyl groups excluding tert-OH is 1. The van der Waals surface area contributed by atoms with Crippen molar-refractivity contribution < 1.29 is 24.9 Å². The van der Waals surface area contributed by atoms with Crippen molar-refractivity contribution in [1.29, 1.82) is 0 Å². The van der Waals surface area contributed by atoms with E-state index >= 15 is 0 Å². The number of hydrogen-bond donors (Lipinski definition) is 3. The lowest BCUT2D eigenvalue weighted by atomic mass is 9.76. The van der Waals surface area contributed by atoms with E-state index in [4.69, 9.17) is 0 Å². The first kappa shape index (κ1) is 15.0. The third-order valence-corrected chi connectivity index (χ3v) is 5.11. The van der Waals surface area contributed by atoms with Crippen LogP contribution in [-0.2, 0) is 4.79 Å². The lowest BCUT2D eigenvalue weighted by molar-refractivity contribution is -0.154. The molecule has 0 saturated carbocycles. The fourth-order valence-electron chi connectivity index (χ4n) is 4.00. The number of rotatable bonds is 3. The highest BCUT2D eigenvalue weighted by atomic mass is 16.4. The minimum atomic E-state index is -1.19. The average molecular weight is 305 g/mol. The van der Waals surface area contributed by atoms with Crippen molar-refractivity contribution in [1.82, 2.24) is 4.90 Å². The van der Waals surface area contributed by atoms with Gasteiger partial charge in [0.05, 0.1) is 17.9 Å². The molecule has 2 aliphatic rings. The smallest absolute Gasteiger partial charge is 0.310 e. The molecular weight excluding hydrogens is 286 g/mol. The number of nitrogens with zero attached hydrogens (tertiary/aromatic N) is 1. The standard InChI is InChI=1S/C16H19NO5/c1-17-10-6-7-11(17)13(16(21)22)15(20)12(10)14(19)8-2-4-9(18)5-3-8/h2-5,10-13,15,18,20H,6-7H2,1H3,(H,21,22). The Kier molecular flexibility index (Phi) is 3.66. The van der Waals surface area contributed by atoms with Crippen LogP contribution < -0.4 is 0 Å². The van der Waals surface area contributed by atoms with Crippen molar-refractivity contribution in [2.75, 3.05) is 7.05 Å². The highest BCUT2D eigenvalue weighted by molar-refractivity contribution is 5.99. The highest BCUT2D eigenvalue weighted by Crippen LogP contribution is 2.43. The van der Waals surface area contributed by atoms with E-state index in [1.54, 1.807) is 0 Å². The zero-order valence-electron chi connectivity index (χ0n) is 12.2. The Morgan fingerprint density at radius 3 is 2.18 bits per heavy atom. The number of carboxylic acid groups (broad SMARTS) is 1. The first-order chi connectivity index (χ1) is 10.4. The molecule has 2 bridgehead atoms. The normalized spacial score (nSPS) is 34.5. The van der Waals surface area contributed by atoms with Gasteiger partial charge in [0.15, 0.2) is 5.78 Å². The lowest BCUT2D eigenvalue weighted by Crippen LogP contribution is -2.59. The Labute approximate surface area is 128 Å². The maximum Gasteiger partial charge on any atom is 0.310 e. The van der Waals surface area contributed by atoms with E-state index in [1.807, 2.05) is 11.9 Å².